The van der Waals surface area contributed by atoms with Gasteiger partial charge in [-0.25, -0.2) is 9.11 Å². The second-order valence-electron chi connectivity index (χ2n) is 9.34. The van der Waals surface area contributed by atoms with Crippen LogP contribution in [0.25, 0.3) is 6.08 Å². The van der Waals surface area contributed by atoms with Crippen LogP contribution in [0.15, 0.2) is 36.1 Å². The number of nitrogens with one attached hydrogen (secondary N) is 1. The topological polar surface area (TPSA) is 79.0 Å². The summed E-state index contributed by atoms with van der Waals surface area (Å²) in [7, 11) is -3.95. The summed E-state index contributed by atoms with van der Waals surface area (Å²) in [4.78, 5) is 14.8. The van der Waals surface area contributed by atoms with Gasteiger partial charge in [-0.05, 0) is 72.2 Å². The molecule has 5 rings (SSSR count). The minimum absolute atomic E-state index is 0.242. The van der Waals surface area contributed by atoms with Crippen LogP contribution in [0.3, 0.4) is 0 Å². The van der Waals surface area contributed by atoms with Gasteiger partial charge in [-0.15, -0.1) is 0 Å². The maximum atomic E-state index is 15.1. The second kappa shape index (κ2) is 10.3. The molecule has 2 aromatic rings. The summed E-state index contributed by atoms with van der Waals surface area (Å²) in [6.45, 7) is 2.89. The third-order valence-corrected chi connectivity index (χ3v) is 8.83. The molecular weight excluding hydrogens is 528 g/mol. The fourth-order valence-corrected chi connectivity index (χ4v) is 5.90. The van der Waals surface area contributed by atoms with E-state index in [4.69, 9.17) is 27.9 Å². The van der Waals surface area contributed by atoms with Crippen LogP contribution in [0, 0.1) is 5.82 Å². The highest BCUT2D eigenvalue weighted by Crippen LogP contribution is 2.43. The highest BCUT2D eigenvalue weighted by atomic mass is 35.5. The van der Waals surface area contributed by atoms with Gasteiger partial charge in [-0.3, -0.25) is 9.69 Å². The van der Waals surface area contributed by atoms with Crippen molar-refractivity contribution in [1.29, 1.82) is 0 Å². The molecule has 1 aliphatic carbocycles. The van der Waals surface area contributed by atoms with Crippen LogP contribution >= 0.6 is 23.2 Å². The van der Waals surface area contributed by atoms with E-state index in [1.807, 2.05) is 16.9 Å². The molecule has 1 amide bonds. The highest BCUT2D eigenvalue weighted by molar-refractivity contribution is 7.87. The van der Waals surface area contributed by atoms with Gasteiger partial charge in [0.25, 0.3) is 5.91 Å². The maximum absolute atomic E-state index is 15.1. The average molecular weight is 554 g/mol. The minimum atomic E-state index is -3.95. The van der Waals surface area contributed by atoms with E-state index in [2.05, 4.69) is 4.90 Å². The van der Waals surface area contributed by atoms with Crippen molar-refractivity contribution in [2.75, 3.05) is 32.8 Å². The van der Waals surface area contributed by atoms with E-state index in [1.165, 1.54) is 16.4 Å². The van der Waals surface area contributed by atoms with E-state index in [1.54, 1.807) is 12.1 Å². The highest BCUT2D eigenvalue weighted by Gasteiger charge is 2.33. The Morgan fingerprint density at radius 1 is 1.14 bits per heavy atom. The molecule has 2 aliphatic heterocycles. The number of carbonyl (C=O) groups is 1. The summed E-state index contributed by atoms with van der Waals surface area (Å²) in [5, 5.41) is 0.944. The molecule has 0 radical (unpaired) electrons. The number of hydrogen-bond acceptors (Lipinski definition) is 5. The smallest absolute Gasteiger partial charge is 0.304 e. The van der Waals surface area contributed by atoms with Gasteiger partial charge in [0.05, 0.1) is 22.2 Å². The molecule has 0 aromatic heterocycles. The first-order chi connectivity index (χ1) is 17.2. The van der Waals surface area contributed by atoms with Crippen LogP contribution in [-0.4, -0.2) is 56.3 Å². The quantitative estimate of drug-likeness (QED) is 0.543. The lowest BCUT2D eigenvalue weighted by Gasteiger charge is -2.30. The van der Waals surface area contributed by atoms with E-state index in [0.717, 1.165) is 41.7 Å². The maximum Gasteiger partial charge on any atom is 0.304 e. The number of ether oxygens (including phenoxy) is 1. The average Bonchev–Trinajstić information content (AvgIpc) is 3.60. The molecule has 192 valence electrons. The molecule has 2 saturated heterocycles. The van der Waals surface area contributed by atoms with Crippen LogP contribution in [0.2, 0.25) is 10.0 Å². The van der Waals surface area contributed by atoms with E-state index in [9.17, 15) is 13.2 Å². The summed E-state index contributed by atoms with van der Waals surface area (Å²) < 4.78 is 48.7. The van der Waals surface area contributed by atoms with E-state index >= 15 is 4.39 Å². The molecule has 2 aromatic carbocycles. The summed E-state index contributed by atoms with van der Waals surface area (Å²) in [6, 6.07) is 8.25. The summed E-state index contributed by atoms with van der Waals surface area (Å²) in [5.41, 5.74) is 2.32. The van der Waals surface area contributed by atoms with Gasteiger partial charge in [0.2, 0.25) is 0 Å². The Balaban J connectivity index is 1.33. The number of halogens is 3. The predicted octanol–water partition coefficient (Wildman–Crippen LogP) is 4.56. The van der Waals surface area contributed by atoms with Crippen LogP contribution in [-0.2, 0) is 21.5 Å². The summed E-state index contributed by atoms with van der Waals surface area (Å²) in [5.74, 6) is -0.664. The number of benzene rings is 2. The summed E-state index contributed by atoms with van der Waals surface area (Å²) >= 11 is 12.1. The lowest BCUT2D eigenvalue weighted by molar-refractivity contribution is 0.0917. The number of rotatable bonds is 7. The first-order valence-corrected chi connectivity index (χ1v) is 14.0. The normalized spacial score (nSPS) is 20.1. The molecule has 3 fully saturated rings. The van der Waals surface area contributed by atoms with Crippen molar-refractivity contribution in [3.05, 3.63) is 74.2 Å². The molecule has 0 spiro atoms. The predicted molar refractivity (Wildman–Crippen MR) is 137 cm³/mol. The lowest BCUT2D eigenvalue weighted by atomic mass is 9.98. The molecule has 0 bridgehead atoms. The number of carbonyl (C=O) groups excluding carboxylic acids is 1. The van der Waals surface area contributed by atoms with Gasteiger partial charge < -0.3 is 4.74 Å². The Bertz CT molecular complexity index is 1330. The van der Waals surface area contributed by atoms with Gasteiger partial charge in [-0.1, -0.05) is 29.3 Å². The number of morpholine rings is 1. The minimum Gasteiger partial charge on any atom is -0.495 e. The number of amides is 1. The van der Waals surface area contributed by atoms with Crippen molar-refractivity contribution in [2.24, 2.45) is 0 Å². The number of hydrogen-bond donors (Lipinski definition) is 1. The van der Waals surface area contributed by atoms with Crippen LogP contribution in [0.4, 0.5) is 4.39 Å². The Labute approximate surface area is 220 Å². The van der Waals surface area contributed by atoms with Crippen molar-refractivity contribution in [2.45, 2.75) is 31.7 Å². The molecule has 2 heterocycles. The van der Waals surface area contributed by atoms with Gasteiger partial charge in [0.1, 0.15) is 18.2 Å². The fourth-order valence-electron chi connectivity index (χ4n) is 4.38. The van der Waals surface area contributed by atoms with Crippen molar-refractivity contribution in [1.82, 2.24) is 13.9 Å². The summed E-state index contributed by atoms with van der Waals surface area (Å²) in [6.07, 6.45) is 4.56. The van der Waals surface area contributed by atoms with Gasteiger partial charge in [-0.2, -0.15) is 12.7 Å². The first-order valence-electron chi connectivity index (χ1n) is 11.8. The zero-order valence-electron chi connectivity index (χ0n) is 19.5. The van der Waals surface area contributed by atoms with E-state index in [-0.39, 0.29) is 11.5 Å². The standard InChI is InChI=1S/C25H26Cl2FN3O4S/c26-22-5-2-16(11-23(22)27)10-19-15-30(8-9-35-19)14-18-12-24(28)21(13-20(18)17-3-4-17)25(32)29-36(33,34)31-6-1-7-31/h2,5,10-13,17H,1,3-4,6-9,14-15H2,(H,29,32)/b19-10-. The Hall–Kier alpha value is -2.17. The van der Waals surface area contributed by atoms with Crippen LogP contribution in [0.5, 0.6) is 0 Å². The van der Waals surface area contributed by atoms with Gasteiger partial charge >= 0.3 is 10.2 Å². The van der Waals surface area contributed by atoms with Crippen LogP contribution < -0.4 is 4.72 Å². The third kappa shape index (κ3) is 5.70. The Kier molecular flexibility index (Phi) is 7.29. The third-order valence-electron chi connectivity index (χ3n) is 6.61. The van der Waals surface area contributed by atoms with Crippen molar-refractivity contribution in [3.8, 4) is 0 Å². The zero-order valence-corrected chi connectivity index (χ0v) is 21.8. The Morgan fingerprint density at radius 2 is 1.92 bits per heavy atom. The molecule has 11 heteroatoms. The largest absolute Gasteiger partial charge is 0.495 e. The van der Waals surface area contributed by atoms with E-state index < -0.39 is 21.9 Å². The number of nitrogens with zero attached hydrogens (tertiary/aromatic N) is 2. The van der Waals surface area contributed by atoms with Crippen LogP contribution in [0.1, 0.15) is 52.2 Å². The van der Waals surface area contributed by atoms with Crippen molar-refractivity contribution >= 4 is 45.4 Å². The molecule has 1 saturated carbocycles. The monoisotopic (exact) mass is 553 g/mol. The van der Waals surface area contributed by atoms with Crippen molar-refractivity contribution < 1.29 is 22.3 Å². The lowest BCUT2D eigenvalue weighted by Crippen LogP contribution is -2.49. The zero-order chi connectivity index (χ0) is 25.4. The van der Waals surface area contributed by atoms with Crippen molar-refractivity contribution in [3.63, 3.8) is 0 Å². The molecule has 3 aliphatic rings. The SMILES string of the molecule is O=C(NS(=O)(=O)N1CCC1)c1cc(C2CC2)c(CN2CCO/C(=C\c3ccc(Cl)c(Cl)c3)C2)cc1F. The molecule has 0 unspecified atom stereocenters. The Morgan fingerprint density at radius 3 is 2.58 bits per heavy atom. The molecular formula is C25H26Cl2FN3O4S. The molecule has 0 atom stereocenters. The van der Waals surface area contributed by atoms with E-state index in [0.29, 0.717) is 49.4 Å². The molecule has 7 nitrogen and oxygen atoms in total. The van der Waals surface area contributed by atoms with Gasteiger partial charge in [0.15, 0.2) is 0 Å². The second-order valence-corrected chi connectivity index (χ2v) is 11.8. The first kappa shape index (κ1) is 25.5. The molecule has 1 N–H and O–H groups in total. The fraction of sp³-hybridized carbons (Fsp3) is 0.400. The molecule has 36 heavy (non-hydrogen) atoms. The van der Waals surface area contributed by atoms with Gasteiger partial charge in [0, 0.05) is 26.2 Å².